The Morgan fingerprint density at radius 2 is 1.75 bits per heavy atom. The fourth-order valence-electron chi connectivity index (χ4n) is 2.47. The van der Waals surface area contributed by atoms with E-state index in [1.807, 2.05) is 13.8 Å². The summed E-state index contributed by atoms with van der Waals surface area (Å²) in [6.07, 6.45) is 0. The van der Waals surface area contributed by atoms with E-state index in [9.17, 15) is 0 Å². The third-order valence-corrected chi connectivity index (χ3v) is 4.00. The molecule has 0 aliphatic carbocycles. The molecule has 0 spiro atoms. The van der Waals surface area contributed by atoms with Gasteiger partial charge in [0.2, 0.25) is 0 Å². The second kappa shape index (κ2) is 5.02. The summed E-state index contributed by atoms with van der Waals surface area (Å²) in [5.41, 5.74) is 5.45. The topological polar surface area (TPSA) is 30.7 Å². The molecule has 0 unspecified atom stereocenters. The Morgan fingerprint density at radius 1 is 1.05 bits per heavy atom. The molecule has 3 nitrogen and oxygen atoms in total. The summed E-state index contributed by atoms with van der Waals surface area (Å²) in [7, 11) is 0. The molecule has 2 heterocycles. The lowest BCUT2D eigenvalue weighted by Gasteiger charge is -2.07. The quantitative estimate of drug-likeness (QED) is 0.706. The van der Waals surface area contributed by atoms with E-state index in [-0.39, 0.29) is 0 Å². The zero-order valence-electron chi connectivity index (χ0n) is 11.8. The number of hydrogen-bond acceptors (Lipinski definition) is 2. The van der Waals surface area contributed by atoms with Crippen LogP contribution in [0.2, 0.25) is 0 Å². The van der Waals surface area contributed by atoms with Crippen LogP contribution in [0.1, 0.15) is 22.6 Å². The first-order valence-corrected chi connectivity index (χ1v) is 7.39. The van der Waals surface area contributed by atoms with Crippen molar-refractivity contribution in [2.75, 3.05) is 0 Å². The fourth-order valence-corrected chi connectivity index (χ4v) is 2.74. The van der Waals surface area contributed by atoms with Crippen LogP contribution in [0, 0.1) is 20.8 Å². The van der Waals surface area contributed by atoms with Crippen molar-refractivity contribution >= 4 is 27.1 Å². The molecular weight excluding hydrogens is 314 g/mol. The maximum absolute atomic E-state index is 4.66. The molecule has 0 bridgehead atoms. The third kappa shape index (κ3) is 2.36. The minimum atomic E-state index is 0.797. The molecule has 4 heteroatoms. The van der Waals surface area contributed by atoms with Crippen molar-refractivity contribution < 1.29 is 0 Å². The van der Waals surface area contributed by atoms with Crippen molar-refractivity contribution in [3.05, 3.63) is 57.4 Å². The van der Waals surface area contributed by atoms with Crippen LogP contribution in [0.5, 0.6) is 0 Å². The monoisotopic (exact) mass is 329 g/mol. The first-order valence-electron chi connectivity index (χ1n) is 6.60. The van der Waals surface area contributed by atoms with Gasteiger partial charge in [-0.1, -0.05) is 28.1 Å². The van der Waals surface area contributed by atoms with E-state index in [1.165, 1.54) is 11.1 Å². The molecule has 0 aliphatic rings. The molecule has 1 aromatic carbocycles. The minimum Gasteiger partial charge on any atom is -0.308 e. The number of fused-ring (bicyclic) bond motifs is 1. The normalized spacial score (nSPS) is 11.2. The SMILES string of the molecule is Cc1cc(C)c2nc(C)n(Cc3ccc(Br)cc3)c2n1. The van der Waals surface area contributed by atoms with Gasteiger partial charge in [0.1, 0.15) is 11.3 Å². The Morgan fingerprint density at radius 3 is 2.45 bits per heavy atom. The molecule has 0 radical (unpaired) electrons. The third-order valence-electron chi connectivity index (χ3n) is 3.47. The number of pyridine rings is 1. The predicted octanol–water partition coefficient (Wildman–Crippen LogP) is 4.17. The van der Waals surface area contributed by atoms with Gasteiger partial charge < -0.3 is 4.57 Å². The Bertz CT molecular complexity index is 773. The van der Waals surface area contributed by atoms with E-state index in [2.05, 4.69) is 67.7 Å². The molecule has 0 N–H and O–H groups in total. The van der Waals surface area contributed by atoms with Gasteiger partial charge in [-0.2, -0.15) is 0 Å². The highest BCUT2D eigenvalue weighted by Gasteiger charge is 2.11. The molecule has 0 atom stereocenters. The first-order chi connectivity index (χ1) is 9.54. The lowest BCUT2D eigenvalue weighted by molar-refractivity contribution is 0.776. The van der Waals surface area contributed by atoms with Gasteiger partial charge in [-0.3, -0.25) is 0 Å². The van der Waals surface area contributed by atoms with Gasteiger partial charge in [-0.15, -0.1) is 0 Å². The van der Waals surface area contributed by atoms with Crippen LogP contribution in [0.4, 0.5) is 0 Å². The molecule has 0 saturated heterocycles. The summed E-state index contributed by atoms with van der Waals surface area (Å²) < 4.78 is 3.27. The first kappa shape index (κ1) is 13.3. The van der Waals surface area contributed by atoms with Crippen LogP contribution < -0.4 is 0 Å². The van der Waals surface area contributed by atoms with Crippen LogP contribution in [0.15, 0.2) is 34.8 Å². The minimum absolute atomic E-state index is 0.797. The van der Waals surface area contributed by atoms with E-state index in [0.717, 1.165) is 33.7 Å². The van der Waals surface area contributed by atoms with Crippen LogP contribution in [-0.4, -0.2) is 14.5 Å². The summed E-state index contributed by atoms with van der Waals surface area (Å²) in [6.45, 7) is 6.95. The standard InChI is InChI=1S/C16H16BrN3/c1-10-8-11(2)18-16-15(10)19-12(3)20(16)9-13-4-6-14(17)7-5-13/h4-8H,9H2,1-3H3. The molecular formula is C16H16BrN3. The number of halogens is 1. The average molecular weight is 330 g/mol. The summed E-state index contributed by atoms with van der Waals surface area (Å²) in [5.74, 6) is 1.00. The summed E-state index contributed by atoms with van der Waals surface area (Å²) in [4.78, 5) is 9.32. The summed E-state index contributed by atoms with van der Waals surface area (Å²) in [6, 6.07) is 10.5. The van der Waals surface area contributed by atoms with Crippen molar-refractivity contribution in [3.63, 3.8) is 0 Å². The number of benzene rings is 1. The van der Waals surface area contributed by atoms with Crippen LogP contribution in [0.3, 0.4) is 0 Å². The Hall–Kier alpha value is -1.68. The van der Waals surface area contributed by atoms with Gasteiger partial charge in [0, 0.05) is 10.2 Å². The highest BCUT2D eigenvalue weighted by molar-refractivity contribution is 9.10. The van der Waals surface area contributed by atoms with E-state index < -0.39 is 0 Å². The van der Waals surface area contributed by atoms with Gasteiger partial charge >= 0.3 is 0 Å². The van der Waals surface area contributed by atoms with E-state index in [1.54, 1.807) is 0 Å². The zero-order chi connectivity index (χ0) is 14.3. The molecule has 0 amide bonds. The van der Waals surface area contributed by atoms with Crippen molar-refractivity contribution in [3.8, 4) is 0 Å². The molecule has 0 saturated carbocycles. The number of rotatable bonds is 2. The van der Waals surface area contributed by atoms with Gasteiger partial charge in [0.25, 0.3) is 0 Å². The molecule has 3 rings (SSSR count). The average Bonchev–Trinajstić information content (AvgIpc) is 2.70. The molecule has 2 aromatic heterocycles. The van der Waals surface area contributed by atoms with Gasteiger partial charge in [-0.05, 0) is 50.1 Å². The molecule has 0 aliphatic heterocycles. The smallest absolute Gasteiger partial charge is 0.160 e. The van der Waals surface area contributed by atoms with Gasteiger partial charge in [-0.25, -0.2) is 9.97 Å². The second-order valence-corrected chi connectivity index (χ2v) is 6.04. The van der Waals surface area contributed by atoms with Gasteiger partial charge in [0.15, 0.2) is 5.65 Å². The van der Waals surface area contributed by atoms with Crippen molar-refractivity contribution in [1.29, 1.82) is 0 Å². The molecule has 102 valence electrons. The molecule has 0 fully saturated rings. The highest BCUT2D eigenvalue weighted by atomic mass is 79.9. The number of aromatic nitrogens is 3. The number of imidazole rings is 1. The van der Waals surface area contributed by atoms with E-state index in [0.29, 0.717) is 0 Å². The lowest BCUT2D eigenvalue weighted by atomic mass is 10.2. The second-order valence-electron chi connectivity index (χ2n) is 5.12. The molecule has 20 heavy (non-hydrogen) atoms. The number of aryl methyl sites for hydroxylation is 3. The largest absolute Gasteiger partial charge is 0.308 e. The Kier molecular flexibility index (Phi) is 3.34. The fraction of sp³-hybridized carbons (Fsp3) is 0.250. The predicted molar refractivity (Wildman–Crippen MR) is 85.0 cm³/mol. The maximum atomic E-state index is 4.66. The highest BCUT2D eigenvalue weighted by Crippen LogP contribution is 2.20. The van der Waals surface area contributed by atoms with Crippen molar-refractivity contribution in [1.82, 2.24) is 14.5 Å². The number of nitrogens with zero attached hydrogens (tertiary/aromatic N) is 3. The van der Waals surface area contributed by atoms with E-state index >= 15 is 0 Å². The zero-order valence-corrected chi connectivity index (χ0v) is 13.4. The van der Waals surface area contributed by atoms with Crippen LogP contribution in [-0.2, 0) is 6.54 Å². The van der Waals surface area contributed by atoms with Crippen molar-refractivity contribution in [2.24, 2.45) is 0 Å². The van der Waals surface area contributed by atoms with E-state index in [4.69, 9.17) is 0 Å². The summed E-state index contributed by atoms with van der Waals surface area (Å²) in [5, 5.41) is 0. The Balaban J connectivity index is 2.11. The number of hydrogen-bond donors (Lipinski definition) is 0. The summed E-state index contributed by atoms with van der Waals surface area (Å²) >= 11 is 3.47. The van der Waals surface area contributed by atoms with Crippen LogP contribution in [0.25, 0.3) is 11.2 Å². The van der Waals surface area contributed by atoms with Crippen molar-refractivity contribution in [2.45, 2.75) is 27.3 Å². The Labute approximate surface area is 126 Å². The maximum Gasteiger partial charge on any atom is 0.160 e. The van der Waals surface area contributed by atoms with Crippen LogP contribution >= 0.6 is 15.9 Å². The van der Waals surface area contributed by atoms with Gasteiger partial charge in [0.05, 0.1) is 6.54 Å². The lowest BCUT2D eigenvalue weighted by Crippen LogP contribution is -2.03. The molecule has 3 aromatic rings.